The van der Waals surface area contributed by atoms with Gasteiger partial charge in [0.05, 0.1) is 12.0 Å². The van der Waals surface area contributed by atoms with E-state index in [1.54, 1.807) is 6.07 Å². The Morgan fingerprint density at radius 2 is 2.00 bits per heavy atom. The molecule has 0 bridgehead atoms. The van der Waals surface area contributed by atoms with Crippen molar-refractivity contribution in [3.8, 4) is 11.8 Å². The minimum atomic E-state index is -1.04. The summed E-state index contributed by atoms with van der Waals surface area (Å²) in [4.78, 5) is 12.2. The molecule has 1 aromatic carbocycles. The van der Waals surface area contributed by atoms with Crippen molar-refractivity contribution in [3.05, 3.63) is 57.8 Å². The van der Waals surface area contributed by atoms with Gasteiger partial charge in [0.25, 0.3) is 0 Å². The van der Waals surface area contributed by atoms with Crippen LogP contribution in [0.25, 0.3) is 0 Å². The van der Waals surface area contributed by atoms with Crippen LogP contribution in [0.5, 0.6) is 0 Å². The lowest BCUT2D eigenvalue weighted by atomic mass is 9.89. The van der Waals surface area contributed by atoms with Gasteiger partial charge in [-0.1, -0.05) is 30.0 Å². The first-order chi connectivity index (χ1) is 12.5. The second-order valence-electron chi connectivity index (χ2n) is 6.61. The number of aliphatic hydroxyl groups is 1. The predicted molar refractivity (Wildman–Crippen MR) is 100 cm³/mol. The highest BCUT2D eigenvalue weighted by molar-refractivity contribution is 7.13. The van der Waals surface area contributed by atoms with Crippen LogP contribution in [0.1, 0.15) is 39.4 Å². The molecule has 4 atom stereocenters. The minimum Gasteiger partial charge on any atom is -0.477 e. The number of thiophene rings is 1. The van der Waals surface area contributed by atoms with Crippen LogP contribution in [0, 0.1) is 23.7 Å². The molecule has 2 N–H and O–H groups in total. The van der Waals surface area contributed by atoms with Gasteiger partial charge in [0.1, 0.15) is 11.0 Å². The van der Waals surface area contributed by atoms with Crippen molar-refractivity contribution in [1.29, 1.82) is 0 Å². The van der Waals surface area contributed by atoms with E-state index in [9.17, 15) is 14.3 Å². The van der Waals surface area contributed by atoms with Crippen molar-refractivity contribution in [3.63, 3.8) is 0 Å². The number of rotatable bonds is 5. The second-order valence-corrected chi connectivity index (χ2v) is 7.78. The van der Waals surface area contributed by atoms with Crippen LogP contribution in [0.4, 0.5) is 4.39 Å². The maximum Gasteiger partial charge on any atom is 0.345 e. The number of carboxylic acid groups (broad SMARTS) is 1. The number of aryl methyl sites for hydroxylation is 1. The molecule has 1 aromatic heterocycles. The molecule has 1 aliphatic carbocycles. The highest BCUT2D eigenvalue weighted by Crippen LogP contribution is 2.38. The van der Waals surface area contributed by atoms with E-state index >= 15 is 0 Å². The van der Waals surface area contributed by atoms with Crippen LogP contribution in [0.3, 0.4) is 0 Å². The largest absolute Gasteiger partial charge is 0.477 e. The fraction of sp³-hybridized carbons (Fsp3) is 0.381. The lowest BCUT2D eigenvalue weighted by molar-refractivity contribution is 0.0702. The summed E-state index contributed by atoms with van der Waals surface area (Å²) >= 11 is 1.26. The standard InChI is InChI=1S/C21H21FO3S/c22-18-13-19(23)17(11-9-14-5-2-1-3-6-14)16(18)8-4-7-15-10-12-20(26-15)21(24)25/h1-3,5-6,10,12,16-19,23H,4,7-8,13H2,(H,24,25). The molecule has 26 heavy (non-hydrogen) atoms. The molecule has 136 valence electrons. The zero-order chi connectivity index (χ0) is 18.5. The first-order valence-corrected chi connectivity index (χ1v) is 9.57. The van der Waals surface area contributed by atoms with E-state index in [4.69, 9.17) is 5.11 Å². The molecule has 1 fully saturated rings. The van der Waals surface area contributed by atoms with Crippen LogP contribution < -0.4 is 0 Å². The third-order valence-electron chi connectivity index (χ3n) is 4.80. The lowest BCUT2D eigenvalue weighted by Crippen LogP contribution is -2.19. The Kier molecular flexibility index (Phi) is 6.08. The monoisotopic (exact) mass is 372 g/mol. The Balaban J connectivity index is 1.61. The third-order valence-corrected chi connectivity index (χ3v) is 5.93. The Morgan fingerprint density at radius 1 is 1.23 bits per heavy atom. The Hall–Kier alpha value is -2.16. The number of benzene rings is 1. The Bertz CT molecular complexity index is 805. The lowest BCUT2D eigenvalue weighted by Gasteiger charge is -2.17. The maximum atomic E-state index is 14.3. The van der Waals surface area contributed by atoms with E-state index in [1.165, 1.54) is 11.3 Å². The number of hydrogen-bond acceptors (Lipinski definition) is 3. The SMILES string of the molecule is O=C(O)c1ccc(CCCC2C(F)CC(O)C2C#Cc2ccccc2)s1. The highest BCUT2D eigenvalue weighted by atomic mass is 32.1. The molecule has 1 aliphatic rings. The predicted octanol–water partition coefficient (Wildman–Crippen LogP) is 4.16. The summed E-state index contributed by atoms with van der Waals surface area (Å²) in [5.74, 6) is 4.58. The molecule has 1 heterocycles. The first-order valence-electron chi connectivity index (χ1n) is 8.75. The molecule has 0 aliphatic heterocycles. The molecular formula is C21H21FO3S. The van der Waals surface area contributed by atoms with E-state index in [1.807, 2.05) is 36.4 Å². The molecule has 0 radical (unpaired) electrons. The van der Waals surface area contributed by atoms with Gasteiger partial charge in [-0.3, -0.25) is 0 Å². The van der Waals surface area contributed by atoms with Gasteiger partial charge in [-0.2, -0.15) is 0 Å². The maximum absolute atomic E-state index is 14.3. The third kappa shape index (κ3) is 4.51. The number of aliphatic hydroxyl groups excluding tert-OH is 1. The molecule has 0 spiro atoms. The molecule has 3 rings (SSSR count). The average Bonchev–Trinajstić information content (AvgIpc) is 3.19. The van der Waals surface area contributed by atoms with Crippen molar-refractivity contribution in [2.75, 3.05) is 0 Å². The fourth-order valence-electron chi connectivity index (χ4n) is 3.45. The van der Waals surface area contributed by atoms with Crippen molar-refractivity contribution < 1.29 is 19.4 Å². The van der Waals surface area contributed by atoms with Crippen LogP contribution >= 0.6 is 11.3 Å². The van der Waals surface area contributed by atoms with Gasteiger partial charge in [-0.05, 0) is 43.5 Å². The van der Waals surface area contributed by atoms with Crippen molar-refractivity contribution in [1.82, 2.24) is 0 Å². The number of carbonyl (C=O) groups is 1. The summed E-state index contributed by atoms with van der Waals surface area (Å²) in [6, 6.07) is 12.9. The normalized spacial score (nSPS) is 24.8. The molecular weight excluding hydrogens is 351 g/mol. The number of carboxylic acids is 1. The number of halogens is 1. The molecule has 5 heteroatoms. The topological polar surface area (TPSA) is 57.5 Å². The number of aromatic carboxylic acids is 1. The average molecular weight is 372 g/mol. The summed E-state index contributed by atoms with van der Waals surface area (Å²) in [7, 11) is 0. The van der Waals surface area contributed by atoms with Crippen LogP contribution in [-0.2, 0) is 6.42 Å². The highest BCUT2D eigenvalue weighted by Gasteiger charge is 2.41. The fourth-order valence-corrected chi connectivity index (χ4v) is 4.34. The molecule has 2 aromatic rings. The zero-order valence-corrected chi connectivity index (χ0v) is 15.1. The van der Waals surface area contributed by atoms with Gasteiger partial charge >= 0.3 is 5.97 Å². The molecule has 4 unspecified atom stereocenters. The van der Waals surface area contributed by atoms with E-state index in [0.717, 1.165) is 23.3 Å². The van der Waals surface area contributed by atoms with E-state index in [0.29, 0.717) is 11.3 Å². The van der Waals surface area contributed by atoms with Crippen molar-refractivity contribution >= 4 is 17.3 Å². The molecule has 0 amide bonds. The van der Waals surface area contributed by atoms with Gasteiger partial charge in [-0.25, -0.2) is 9.18 Å². The number of hydrogen-bond donors (Lipinski definition) is 2. The second kappa shape index (κ2) is 8.48. The van der Waals surface area contributed by atoms with Crippen molar-refractivity contribution in [2.24, 2.45) is 11.8 Å². The van der Waals surface area contributed by atoms with Crippen LogP contribution in [0.15, 0.2) is 42.5 Å². The Morgan fingerprint density at radius 3 is 2.69 bits per heavy atom. The van der Waals surface area contributed by atoms with Gasteiger partial charge in [0.15, 0.2) is 0 Å². The van der Waals surface area contributed by atoms with Gasteiger partial charge in [-0.15, -0.1) is 11.3 Å². The Labute approximate surface area is 156 Å². The van der Waals surface area contributed by atoms with Gasteiger partial charge < -0.3 is 10.2 Å². The number of alkyl halides is 1. The summed E-state index contributed by atoms with van der Waals surface area (Å²) in [6.07, 6.45) is 0.467. The van der Waals surface area contributed by atoms with E-state index in [-0.39, 0.29) is 18.3 Å². The smallest absolute Gasteiger partial charge is 0.345 e. The molecule has 0 saturated heterocycles. The van der Waals surface area contributed by atoms with Crippen LogP contribution in [-0.4, -0.2) is 28.5 Å². The zero-order valence-electron chi connectivity index (χ0n) is 14.3. The van der Waals surface area contributed by atoms with Gasteiger partial charge in [0.2, 0.25) is 0 Å². The molecule has 3 nitrogen and oxygen atoms in total. The van der Waals surface area contributed by atoms with Crippen molar-refractivity contribution in [2.45, 2.75) is 38.0 Å². The molecule has 1 saturated carbocycles. The van der Waals surface area contributed by atoms with E-state index in [2.05, 4.69) is 11.8 Å². The van der Waals surface area contributed by atoms with E-state index < -0.39 is 18.2 Å². The summed E-state index contributed by atoms with van der Waals surface area (Å²) < 4.78 is 14.3. The quantitative estimate of drug-likeness (QED) is 0.775. The van der Waals surface area contributed by atoms with Crippen LogP contribution in [0.2, 0.25) is 0 Å². The first kappa shape index (κ1) is 18.6. The summed E-state index contributed by atoms with van der Waals surface area (Å²) in [6.45, 7) is 0. The van der Waals surface area contributed by atoms with Gasteiger partial charge in [0, 0.05) is 22.8 Å². The minimum absolute atomic E-state index is 0.140. The summed E-state index contributed by atoms with van der Waals surface area (Å²) in [5.41, 5.74) is 0.862. The summed E-state index contributed by atoms with van der Waals surface area (Å²) in [5, 5.41) is 19.1.